The fourth-order valence-electron chi connectivity index (χ4n) is 2.91. The zero-order valence-electron chi connectivity index (χ0n) is 12.9. The highest BCUT2D eigenvalue weighted by molar-refractivity contribution is 5.81. The summed E-state index contributed by atoms with van der Waals surface area (Å²) in [5, 5.41) is 3.38. The maximum absolute atomic E-state index is 4.64. The van der Waals surface area contributed by atoms with E-state index in [1.165, 1.54) is 31.2 Å². The van der Waals surface area contributed by atoms with Gasteiger partial charge in [-0.1, -0.05) is 18.9 Å². The van der Waals surface area contributed by atoms with Crippen LogP contribution in [0.2, 0.25) is 0 Å². The van der Waals surface area contributed by atoms with Gasteiger partial charge in [-0.15, -0.1) is 0 Å². The SMILES string of the molecule is CN1CCN=C1NCc1ccc(N2CCCCCC2)nc1. The Morgan fingerprint density at radius 1 is 1.10 bits per heavy atom. The molecule has 0 saturated carbocycles. The van der Waals surface area contributed by atoms with Gasteiger partial charge < -0.3 is 15.1 Å². The predicted octanol–water partition coefficient (Wildman–Crippen LogP) is 1.85. The highest BCUT2D eigenvalue weighted by atomic mass is 15.3. The molecule has 1 N–H and O–H groups in total. The molecule has 5 heteroatoms. The Morgan fingerprint density at radius 2 is 1.90 bits per heavy atom. The van der Waals surface area contributed by atoms with E-state index in [0.717, 1.165) is 44.5 Å². The van der Waals surface area contributed by atoms with Crippen molar-refractivity contribution < 1.29 is 0 Å². The molecule has 1 fully saturated rings. The lowest BCUT2D eigenvalue weighted by Gasteiger charge is -2.21. The number of hydrogen-bond acceptors (Lipinski definition) is 5. The lowest BCUT2D eigenvalue weighted by Crippen LogP contribution is -2.35. The number of pyridine rings is 1. The summed E-state index contributed by atoms with van der Waals surface area (Å²) in [7, 11) is 2.07. The molecule has 0 aliphatic carbocycles. The van der Waals surface area contributed by atoms with Crippen molar-refractivity contribution in [2.45, 2.75) is 32.2 Å². The summed E-state index contributed by atoms with van der Waals surface area (Å²) in [6.45, 7) is 4.98. The summed E-state index contributed by atoms with van der Waals surface area (Å²) >= 11 is 0. The van der Waals surface area contributed by atoms with E-state index in [1.54, 1.807) is 0 Å². The zero-order chi connectivity index (χ0) is 14.5. The summed E-state index contributed by atoms with van der Waals surface area (Å²) in [5.74, 6) is 2.11. The molecule has 2 aliphatic rings. The van der Waals surface area contributed by atoms with Gasteiger partial charge in [0.15, 0.2) is 5.96 Å². The molecule has 5 nitrogen and oxygen atoms in total. The molecule has 3 rings (SSSR count). The van der Waals surface area contributed by atoms with Crippen molar-refractivity contribution in [1.82, 2.24) is 15.2 Å². The topological polar surface area (TPSA) is 43.8 Å². The van der Waals surface area contributed by atoms with Gasteiger partial charge in [0.25, 0.3) is 0 Å². The molecule has 0 amide bonds. The Kier molecular flexibility index (Phi) is 4.58. The van der Waals surface area contributed by atoms with Crippen molar-refractivity contribution in [2.75, 3.05) is 38.1 Å². The van der Waals surface area contributed by atoms with Crippen LogP contribution in [0, 0.1) is 0 Å². The van der Waals surface area contributed by atoms with Crippen LogP contribution in [0.25, 0.3) is 0 Å². The van der Waals surface area contributed by atoms with Crippen LogP contribution in [0.4, 0.5) is 5.82 Å². The van der Waals surface area contributed by atoms with Crippen LogP contribution in [0.5, 0.6) is 0 Å². The highest BCUT2D eigenvalue weighted by Crippen LogP contribution is 2.17. The molecule has 0 unspecified atom stereocenters. The van der Waals surface area contributed by atoms with E-state index in [4.69, 9.17) is 0 Å². The van der Waals surface area contributed by atoms with Gasteiger partial charge in [0.2, 0.25) is 0 Å². The third-order valence-corrected chi connectivity index (χ3v) is 4.25. The first kappa shape index (κ1) is 14.2. The Hall–Kier alpha value is -1.78. The van der Waals surface area contributed by atoms with E-state index in [-0.39, 0.29) is 0 Å². The molecular formula is C16H25N5. The minimum atomic E-state index is 0.788. The molecule has 1 saturated heterocycles. The number of aromatic nitrogens is 1. The number of likely N-dealkylation sites (N-methyl/N-ethyl adjacent to an activating group) is 1. The number of nitrogens with one attached hydrogen (secondary N) is 1. The molecule has 0 atom stereocenters. The van der Waals surface area contributed by atoms with Gasteiger partial charge in [-0.05, 0) is 24.5 Å². The van der Waals surface area contributed by atoms with Gasteiger partial charge in [0.05, 0.1) is 6.54 Å². The summed E-state index contributed by atoms with van der Waals surface area (Å²) in [4.78, 5) is 13.6. The van der Waals surface area contributed by atoms with Gasteiger partial charge >= 0.3 is 0 Å². The fourth-order valence-corrected chi connectivity index (χ4v) is 2.91. The molecule has 2 aliphatic heterocycles. The van der Waals surface area contributed by atoms with Crippen molar-refractivity contribution >= 4 is 11.8 Å². The molecule has 1 aromatic heterocycles. The Balaban J connectivity index is 1.56. The molecule has 0 radical (unpaired) electrons. The van der Waals surface area contributed by atoms with Gasteiger partial charge in [-0.25, -0.2) is 4.98 Å². The number of hydrogen-bond donors (Lipinski definition) is 1. The number of aliphatic imine (C=N–C) groups is 1. The van der Waals surface area contributed by atoms with Crippen molar-refractivity contribution in [3.63, 3.8) is 0 Å². The van der Waals surface area contributed by atoms with Crippen LogP contribution in [-0.2, 0) is 6.54 Å². The Bertz CT molecular complexity index is 474. The van der Waals surface area contributed by atoms with Gasteiger partial charge in [0.1, 0.15) is 5.82 Å². The van der Waals surface area contributed by atoms with Crippen molar-refractivity contribution in [1.29, 1.82) is 0 Å². The summed E-state index contributed by atoms with van der Waals surface area (Å²) in [5.41, 5.74) is 1.21. The molecule has 0 bridgehead atoms. The summed E-state index contributed by atoms with van der Waals surface area (Å²) in [6, 6.07) is 4.33. The maximum Gasteiger partial charge on any atom is 0.194 e. The van der Waals surface area contributed by atoms with Gasteiger partial charge in [-0.3, -0.25) is 4.99 Å². The molecular weight excluding hydrogens is 262 g/mol. The Morgan fingerprint density at radius 3 is 2.52 bits per heavy atom. The molecule has 21 heavy (non-hydrogen) atoms. The van der Waals surface area contributed by atoms with Crippen LogP contribution >= 0.6 is 0 Å². The molecule has 0 spiro atoms. The second kappa shape index (κ2) is 6.78. The van der Waals surface area contributed by atoms with E-state index in [1.807, 2.05) is 6.20 Å². The monoisotopic (exact) mass is 287 g/mol. The van der Waals surface area contributed by atoms with Crippen molar-refractivity contribution in [3.05, 3.63) is 23.9 Å². The third kappa shape index (κ3) is 3.65. The number of anilines is 1. The average Bonchev–Trinajstić information content (AvgIpc) is 2.77. The second-order valence-electron chi connectivity index (χ2n) is 5.91. The first-order valence-corrected chi connectivity index (χ1v) is 8.02. The van der Waals surface area contributed by atoms with Gasteiger partial charge in [0, 0.05) is 39.4 Å². The standard InChI is InChI=1S/C16H25N5/c1-20-11-8-17-16(20)19-13-14-6-7-15(18-12-14)21-9-4-2-3-5-10-21/h6-7,12H,2-5,8-11,13H2,1H3,(H,17,19). The molecule has 0 aromatic carbocycles. The number of guanidine groups is 1. The van der Waals surface area contributed by atoms with Crippen molar-refractivity contribution in [3.8, 4) is 0 Å². The van der Waals surface area contributed by atoms with Crippen LogP contribution in [0.3, 0.4) is 0 Å². The molecule has 3 heterocycles. The first-order valence-electron chi connectivity index (χ1n) is 8.02. The summed E-state index contributed by atoms with van der Waals surface area (Å²) in [6.07, 6.45) is 7.28. The van der Waals surface area contributed by atoms with Gasteiger partial charge in [-0.2, -0.15) is 0 Å². The normalized spacial score (nSPS) is 19.4. The van der Waals surface area contributed by atoms with E-state index in [9.17, 15) is 0 Å². The Labute approximate surface area is 127 Å². The maximum atomic E-state index is 4.64. The quantitative estimate of drug-likeness (QED) is 0.921. The van der Waals surface area contributed by atoms with E-state index in [0.29, 0.717) is 0 Å². The number of rotatable bonds is 3. The predicted molar refractivity (Wildman–Crippen MR) is 86.7 cm³/mol. The minimum Gasteiger partial charge on any atom is -0.357 e. The van der Waals surface area contributed by atoms with Crippen LogP contribution < -0.4 is 10.2 Å². The van der Waals surface area contributed by atoms with Crippen molar-refractivity contribution in [2.24, 2.45) is 4.99 Å². The largest absolute Gasteiger partial charge is 0.357 e. The minimum absolute atomic E-state index is 0.788. The summed E-state index contributed by atoms with van der Waals surface area (Å²) < 4.78 is 0. The van der Waals surface area contributed by atoms with Crippen LogP contribution in [-0.4, -0.2) is 49.1 Å². The molecule has 114 valence electrons. The van der Waals surface area contributed by atoms with E-state index < -0.39 is 0 Å². The zero-order valence-corrected chi connectivity index (χ0v) is 12.9. The van der Waals surface area contributed by atoms with Crippen LogP contribution in [0.15, 0.2) is 23.3 Å². The average molecular weight is 287 g/mol. The fraction of sp³-hybridized carbons (Fsp3) is 0.625. The third-order valence-electron chi connectivity index (χ3n) is 4.25. The second-order valence-corrected chi connectivity index (χ2v) is 5.91. The first-order chi connectivity index (χ1) is 10.3. The van der Waals surface area contributed by atoms with E-state index >= 15 is 0 Å². The lowest BCUT2D eigenvalue weighted by molar-refractivity contribution is 0.534. The van der Waals surface area contributed by atoms with Crippen LogP contribution in [0.1, 0.15) is 31.2 Å². The number of nitrogens with zero attached hydrogens (tertiary/aromatic N) is 4. The lowest BCUT2D eigenvalue weighted by atomic mass is 10.2. The highest BCUT2D eigenvalue weighted by Gasteiger charge is 2.12. The smallest absolute Gasteiger partial charge is 0.194 e. The molecule has 1 aromatic rings. The van der Waals surface area contributed by atoms with E-state index in [2.05, 4.69) is 44.3 Å².